The number of esters is 1. The third-order valence-corrected chi connectivity index (χ3v) is 6.36. The number of ether oxygens (including phenoxy) is 1. The smallest absolute Gasteiger partial charge is 0.338 e. The van der Waals surface area contributed by atoms with Gasteiger partial charge in [0.15, 0.2) is 0 Å². The molecule has 2 heterocycles. The van der Waals surface area contributed by atoms with Gasteiger partial charge in [-0.2, -0.15) is 9.57 Å². The van der Waals surface area contributed by atoms with Gasteiger partial charge in [-0.05, 0) is 43.3 Å². The zero-order valence-electron chi connectivity index (χ0n) is 15.4. The first-order valence-electron chi connectivity index (χ1n) is 8.84. The van der Waals surface area contributed by atoms with Crippen LogP contribution in [-0.4, -0.2) is 56.5 Å². The number of piperazine rings is 1. The molecule has 0 unspecified atom stereocenters. The standard InChI is InChI=1S/C19H20N4O4S/c1-2-27-19(24)16-4-6-17(7-5-16)28(25,26)23-11-9-22(10-12-23)18-8-3-15(13-20)14-21-18/h3-8,14H,2,9-12H2,1H3. The van der Waals surface area contributed by atoms with Gasteiger partial charge in [0.05, 0.1) is 22.6 Å². The van der Waals surface area contributed by atoms with Crippen molar-refractivity contribution < 1.29 is 17.9 Å². The van der Waals surface area contributed by atoms with E-state index in [4.69, 9.17) is 10.00 Å². The molecule has 2 aromatic rings. The van der Waals surface area contributed by atoms with Crippen molar-refractivity contribution in [1.29, 1.82) is 5.26 Å². The number of hydrogen-bond donors (Lipinski definition) is 0. The lowest BCUT2D eigenvalue weighted by Gasteiger charge is -2.34. The highest BCUT2D eigenvalue weighted by Crippen LogP contribution is 2.21. The summed E-state index contributed by atoms with van der Waals surface area (Å²) < 4.78 is 32.1. The first kappa shape index (κ1) is 19.8. The van der Waals surface area contributed by atoms with Crippen LogP contribution < -0.4 is 4.90 Å². The molecule has 0 aliphatic carbocycles. The Hall–Kier alpha value is -2.96. The van der Waals surface area contributed by atoms with Crippen molar-refractivity contribution in [1.82, 2.24) is 9.29 Å². The van der Waals surface area contributed by atoms with E-state index in [-0.39, 0.29) is 11.5 Å². The summed E-state index contributed by atoms with van der Waals surface area (Å²) in [5.74, 6) is 0.241. The number of hydrogen-bond acceptors (Lipinski definition) is 7. The van der Waals surface area contributed by atoms with Crippen molar-refractivity contribution in [3.63, 3.8) is 0 Å². The molecule has 146 valence electrons. The van der Waals surface area contributed by atoms with Gasteiger partial charge in [-0.25, -0.2) is 18.2 Å². The fourth-order valence-electron chi connectivity index (χ4n) is 2.92. The van der Waals surface area contributed by atoms with E-state index in [0.29, 0.717) is 37.3 Å². The lowest BCUT2D eigenvalue weighted by Crippen LogP contribution is -2.48. The molecule has 0 atom stereocenters. The molecule has 0 saturated carbocycles. The monoisotopic (exact) mass is 400 g/mol. The van der Waals surface area contributed by atoms with Crippen LogP contribution in [0.2, 0.25) is 0 Å². The van der Waals surface area contributed by atoms with Gasteiger partial charge in [-0.3, -0.25) is 0 Å². The molecule has 1 saturated heterocycles. The lowest BCUT2D eigenvalue weighted by atomic mass is 10.2. The van der Waals surface area contributed by atoms with Gasteiger partial charge in [-0.15, -0.1) is 0 Å². The SMILES string of the molecule is CCOC(=O)c1ccc(S(=O)(=O)N2CCN(c3ccc(C#N)cn3)CC2)cc1. The predicted molar refractivity (Wildman–Crippen MR) is 102 cm³/mol. The Morgan fingerprint density at radius 3 is 2.36 bits per heavy atom. The Morgan fingerprint density at radius 2 is 1.82 bits per heavy atom. The van der Waals surface area contributed by atoms with E-state index in [1.54, 1.807) is 19.1 Å². The topological polar surface area (TPSA) is 104 Å². The van der Waals surface area contributed by atoms with Crippen LogP contribution in [0.4, 0.5) is 5.82 Å². The highest BCUT2D eigenvalue weighted by Gasteiger charge is 2.29. The maximum absolute atomic E-state index is 12.9. The summed E-state index contributed by atoms with van der Waals surface area (Å²) in [6, 6.07) is 11.2. The number of benzene rings is 1. The van der Waals surface area contributed by atoms with Gasteiger partial charge < -0.3 is 9.64 Å². The van der Waals surface area contributed by atoms with Crippen LogP contribution >= 0.6 is 0 Å². The predicted octanol–water partition coefficient (Wildman–Crippen LogP) is 1.64. The van der Waals surface area contributed by atoms with Gasteiger partial charge in [0.25, 0.3) is 0 Å². The van der Waals surface area contributed by atoms with E-state index in [0.717, 1.165) is 5.82 Å². The van der Waals surface area contributed by atoms with Crippen LogP contribution in [0.3, 0.4) is 0 Å². The number of rotatable bonds is 5. The van der Waals surface area contributed by atoms with Crippen molar-refractivity contribution in [3.05, 3.63) is 53.7 Å². The summed E-state index contributed by atoms with van der Waals surface area (Å²) in [6.45, 7) is 3.62. The van der Waals surface area contributed by atoms with Gasteiger partial charge in [-0.1, -0.05) is 0 Å². The van der Waals surface area contributed by atoms with Gasteiger partial charge in [0, 0.05) is 32.4 Å². The number of nitrogens with zero attached hydrogens (tertiary/aromatic N) is 4. The second-order valence-corrected chi connectivity index (χ2v) is 8.09. The number of carbonyl (C=O) groups is 1. The number of sulfonamides is 1. The number of carbonyl (C=O) groups excluding carboxylic acids is 1. The maximum Gasteiger partial charge on any atom is 0.338 e. The molecule has 1 aliphatic heterocycles. The van der Waals surface area contributed by atoms with E-state index in [9.17, 15) is 13.2 Å². The number of nitriles is 1. The minimum absolute atomic E-state index is 0.144. The zero-order valence-corrected chi connectivity index (χ0v) is 16.2. The molecule has 28 heavy (non-hydrogen) atoms. The first-order valence-corrected chi connectivity index (χ1v) is 10.3. The average molecular weight is 400 g/mol. The molecular formula is C19H20N4O4S. The van der Waals surface area contributed by atoms with E-state index in [2.05, 4.69) is 4.98 Å². The van der Waals surface area contributed by atoms with E-state index < -0.39 is 16.0 Å². The van der Waals surface area contributed by atoms with Gasteiger partial charge in [0.1, 0.15) is 11.9 Å². The highest BCUT2D eigenvalue weighted by molar-refractivity contribution is 7.89. The van der Waals surface area contributed by atoms with Crippen LogP contribution in [0.15, 0.2) is 47.5 Å². The van der Waals surface area contributed by atoms with Crippen molar-refractivity contribution >= 4 is 21.8 Å². The third-order valence-electron chi connectivity index (χ3n) is 4.44. The minimum atomic E-state index is -3.64. The Bertz CT molecular complexity index is 974. The summed E-state index contributed by atoms with van der Waals surface area (Å²) in [5, 5.41) is 8.84. The summed E-state index contributed by atoms with van der Waals surface area (Å²) in [7, 11) is -3.64. The molecule has 0 amide bonds. The Kier molecular flexibility index (Phi) is 5.92. The quantitative estimate of drug-likeness (QED) is 0.703. The molecular weight excluding hydrogens is 380 g/mol. The summed E-state index contributed by atoms with van der Waals surface area (Å²) in [5.41, 5.74) is 0.800. The van der Waals surface area contributed by atoms with Crippen LogP contribution in [0.25, 0.3) is 0 Å². The minimum Gasteiger partial charge on any atom is -0.462 e. The molecule has 0 N–H and O–H groups in total. The normalized spacial score (nSPS) is 15.1. The number of pyridine rings is 1. The summed E-state index contributed by atoms with van der Waals surface area (Å²) >= 11 is 0. The van der Waals surface area contributed by atoms with Crippen LogP contribution in [0.1, 0.15) is 22.8 Å². The molecule has 8 nitrogen and oxygen atoms in total. The first-order chi connectivity index (χ1) is 13.5. The summed E-state index contributed by atoms with van der Waals surface area (Å²) in [4.78, 5) is 18.1. The molecule has 9 heteroatoms. The summed E-state index contributed by atoms with van der Waals surface area (Å²) in [6.07, 6.45) is 1.50. The third kappa shape index (κ3) is 4.13. The maximum atomic E-state index is 12.9. The van der Waals surface area contributed by atoms with Crippen molar-refractivity contribution in [2.24, 2.45) is 0 Å². The highest BCUT2D eigenvalue weighted by atomic mass is 32.2. The molecule has 1 aromatic carbocycles. The van der Waals surface area contributed by atoms with Crippen LogP contribution in [-0.2, 0) is 14.8 Å². The fraction of sp³-hybridized carbons (Fsp3) is 0.316. The molecule has 1 aromatic heterocycles. The Balaban J connectivity index is 1.67. The number of aromatic nitrogens is 1. The van der Waals surface area contributed by atoms with Crippen molar-refractivity contribution in [2.45, 2.75) is 11.8 Å². The Morgan fingerprint density at radius 1 is 1.14 bits per heavy atom. The van der Waals surface area contributed by atoms with Crippen molar-refractivity contribution in [2.75, 3.05) is 37.7 Å². The lowest BCUT2D eigenvalue weighted by molar-refractivity contribution is 0.0526. The fourth-order valence-corrected chi connectivity index (χ4v) is 4.35. The second kappa shape index (κ2) is 8.37. The molecule has 0 radical (unpaired) electrons. The molecule has 3 rings (SSSR count). The molecule has 1 aliphatic rings. The average Bonchev–Trinajstić information content (AvgIpc) is 2.74. The zero-order chi connectivity index (χ0) is 20.1. The van der Waals surface area contributed by atoms with E-state index in [1.807, 2.05) is 11.0 Å². The van der Waals surface area contributed by atoms with Crippen molar-refractivity contribution in [3.8, 4) is 6.07 Å². The second-order valence-electron chi connectivity index (χ2n) is 6.15. The Labute approximate surface area is 164 Å². The molecule has 1 fully saturated rings. The largest absolute Gasteiger partial charge is 0.462 e. The van der Waals surface area contributed by atoms with Crippen LogP contribution in [0.5, 0.6) is 0 Å². The number of anilines is 1. The molecule has 0 bridgehead atoms. The van der Waals surface area contributed by atoms with Gasteiger partial charge >= 0.3 is 5.97 Å². The molecule has 0 spiro atoms. The van der Waals surface area contributed by atoms with Gasteiger partial charge in [0.2, 0.25) is 10.0 Å². The van der Waals surface area contributed by atoms with E-state index in [1.165, 1.54) is 34.8 Å². The van der Waals surface area contributed by atoms with Crippen LogP contribution in [0, 0.1) is 11.3 Å². The van der Waals surface area contributed by atoms with E-state index >= 15 is 0 Å².